The minimum Gasteiger partial charge on any atom is -0.508 e. The van der Waals surface area contributed by atoms with Crippen molar-refractivity contribution in [2.45, 2.75) is 31.2 Å². The fraction of sp³-hybridized carbons (Fsp3) is 0.562. The van der Waals surface area contributed by atoms with Crippen LogP contribution in [0.3, 0.4) is 0 Å². The van der Waals surface area contributed by atoms with Crippen LogP contribution in [0.5, 0.6) is 5.75 Å². The summed E-state index contributed by atoms with van der Waals surface area (Å²) in [6, 6.07) is 7.22. The van der Waals surface area contributed by atoms with E-state index in [1.807, 2.05) is 17.0 Å². The maximum atomic E-state index is 12.3. The number of anilines is 1. The first-order chi connectivity index (χ1) is 10.1. The molecule has 1 heterocycles. The molecule has 1 aromatic carbocycles. The van der Waals surface area contributed by atoms with Crippen LogP contribution in [0.4, 0.5) is 5.69 Å². The number of nitrogens with zero attached hydrogens (tertiary/aromatic N) is 2. The second-order valence-electron chi connectivity index (χ2n) is 6.28. The highest BCUT2D eigenvalue weighted by Crippen LogP contribution is 2.32. The molecule has 0 radical (unpaired) electrons. The van der Waals surface area contributed by atoms with Gasteiger partial charge in [0.2, 0.25) is 5.91 Å². The van der Waals surface area contributed by atoms with Gasteiger partial charge in [-0.1, -0.05) is 0 Å². The molecular formula is C16H23N3O2. The van der Waals surface area contributed by atoms with E-state index in [1.54, 1.807) is 12.1 Å². The topological polar surface area (TPSA) is 69.8 Å². The van der Waals surface area contributed by atoms with Crippen LogP contribution in [0.1, 0.15) is 25.7 Å². The fourth-order valence-corrected chi connectivity index (χ4v) is 3.10. The Kier molecular flexibility index (Phi) is 3.76. The Hall–Kier alpha value is -1.75. The number of carbonyl (C=O) groups is 1. The van der Waals surface area contributed by atoms with E-state index in [1.165, 1.54) is 0 Å². The lowest BCUT2D eigenvalue weighted by Gasteiger charge is -2.41. The number of carbonyl (C=O) groups excluding carboxylic acids is 1. The second-order valence-corrected chi connectivity index (χ2v) is 6.28. The van der Waals surface area contributed by atoms with Crippen LogP contribution in [0.25, 0.3) is 0 Å². The predicted molar refractivity (Wildman–Crippen MR) is 82.3 cm³/mol. The molecule has 0 unspecified atom stereocenters. The van der Waals surface area contributed by atoms with Gasteiger partial charge in [0.1, 0.15) is 5.75 Å². The first-order valence-corrected chi connectivity index (χ1v) is 7.66. The monoisotopic (exact) mass is 289 g/mol. The maximum absolute atomic E-state index is 12.3. The molecule has 0 aromatic heterocycles. The lowest BCUT2D eigenvalue weighted by molar-refractivity contribution is -0.133. The molecule has 5 heteroatoms. The van der Waals surface area contributed by atoms with Crippen LogP contribution in [-0.4, -0.2) is 47.6 Å². The minimum atomic E-state index is -0.231. The molecule has 1 aliphatic heterocycles. The molecule has 5 nitrogen and oxygen atoms in total. The van der Waals surface area contributed by atoms with Crippen molar-refractivity contribution in [2.75, 3.05) is 31.1 Å². The minimum absolute atomic E-state index is 0.197. The van der Waals surface area contributed by atoms with Crippen molar-refractivity contribution < 1.29 is 9.90 Å². The normalized spacial score (nSPS) is 21.0. The van der Waals surface area contributed by atoms with Gasteiger partial charge in [-0.25, -0.2) is 0 Å². The Bertz CT molecular complexity index is 503. The summed E-state index contributed by atoms with van der Waals surface area (Å²) < 4.78 is 0. The van der Waals surface area contributed by atoms with Crippen LogP contribution < -0.4 is 10.6 Å². The molecule has 0 spiro atoms. The van der Waals surface area contributed by atoms with Crippen molar-refractivity contribution in [3.8, 4) is 5.75 Å². The summed E-state index contributed by atoms with van der Waals surface area (Å²) >= 11 is 0. The summed E-state index contributed by atoms with van der Waals surface area (Å²) in [6.45, 7) is 3.15. The summed E-state index contributed by atoms with van der Waals surface area (Å²) in [6.07, 6.45) is 3.60. The van der Waals surface area contributed by atoms with Gasteiger partial charge < -0.3 is 20.6 Å². The van der Waals surface area contributed by atoms with Gasteiger partial charge in [-0.15, -0.1) is 0 Å². The number of amides is 1. The molecular weight excluding hydrogens is 266 g/mol. The lowest BCUT2D eigenvalue weighted by atomic mass is 9.75. The van der Waals surface area contributed by atoms with Gasteiger partial charge in [-0.3, -0.25) is 4.79 Å². The smallest absolute Gasteiger partial charge is 0.224 e. The SMILES string of the molecule is NC1(CC(=O)N2CCN(c3ccc(O)cc3)CC2)CCC1. The second kappa shape index (κ2) is 5.56. The highest BCUT2D eigenvalue weighted by Gasteiger charge is 2.36. The molecule has 114 valence electrons. The molecule has 1 amide bonds. The third-order valence-electron chi connectivity index (χ3n) is 4.70. The summed E-state index contributed by atoms with van der Waals surface area (Å²) in [5, 5.41) is 9.32. The van der Waals surface area contributed by atoms with E-state index in [-0.39, 0.29) is 17.2 Å². The molecule has 1 saturated carbocycles. The quantitative estimate of drug-likeness (QED) is 0.880. The zero-order valence-corrected chi connectivity index (χ0v) is 12.3. The van der Waals surface area contributed by atoms with Crippen molar-refractivity contribution in [3.05, 3.63) is 24.3 Å². The number of hydrogen-bond acceptors (Lipinski definition) is 4. The Balaban J connectivity index is 1.52. The number of benzene rings is 1. The van der Waals surface area contributed by atoms with Gasteiger partial charge in [-0.2, -0.15) is 0 Å². The number of hydrogen-bond donors (Lipinski definition) is 2. The number of phenolic OH excluding ortho intramolecular Hbond substituents is 1. The zero-order valence-electron chi connectivity index (χ0n) is 12.3. The molecule has 21 heavy (non-hydrogen) atoms. The highest BCUT2D eigenvalue weighted by atomic mass is 16.3. The Labute approximate surface area is 125 Å². The van der Waals surface area contributed by atoms with Gasteiger partial charge in [0, 0.05) is 43.8 Å². The lowest BCUT2D eigenvalue weighted by Crippen LogP contribution is -2.54. The molecule has 0 atom stereocenters. The molecule has 2 fully saturated rings. The summed E-state index contributed by atoms with van der Waals surface area (Å²) in [5.41, 5.74) is 7.02. The molecule has 1 saturated heterocycles. The van der Waals surface area contributed by atoms with Crippen LogP contribution in [-0.2, 0) is 4.79 Å². The number of nitrogens with two attached hydrogens (primary N) is 1. The standard InChI is InChI=1S/C16H23N3O2/c17-16(6-1-7-16)12-15(21)19-10-8-18(9-11-19)13-2-4-14(20)5-3-13/h2-5,20H,1,6-12,17H2. The molecule has 1 aromatic rings. The average Bonchev–Trinajstić information content (AvgIpc) is 2.46. The van der Waals surface area contributed by atoms with Crippen molar-refractivity contribution >= 4 is 11.6 Å². The maximum Gasteiger partial charge on any atom is 0.224 e. The zero-order chi connectivity index (χ0) is 14.9. The van der Waals surface area contributed by atoms with Gasteiger partial charge in [0.15, 0.2) is 0 Å². The van der Waals surface area contributed by atoms with Crippen LogP contribution in [0.15, 0.2) is 24.3 Å². The summed E-state index contributed by atoms with van der Waals surface area (Å²) in [7, 11) is 0. The molecule has 3 N–H and O–H groups in total. The number of rotatable bonds is 3. The Morgan fingerprint density at radius 2 is 1.76 bits per heavy atom. The van der Waals surface area contributed by atoms with Gasteiger partial charge in [0.25, 0.3) is 0 Å². The van der Waals surface area contributed by atoms with Crippen molar-refractivity contribution in [1.82, 2.24) is 4.90 Å². The van der Waals surface area contributed by atoms with Gasteiger partial charge in [-0.05, 0) is 43.5 Å². The van der Waals surface area contributed by atoms with E-state index in [2.05, 4.69) is 4.90 Å². The van der Waals surface area contributed by atoms with E-state index in [0.717, 1.165) is 51.1 Å². The number of piperazine rings is 1. The van der Waals surface area contributed by atoms with E-state index in [0.29, 0.717) is 6.42 Å². The summed E-state index contributed by atoms with van der Waals surface area (Å²) in [5.74, 6) is 0.476. The third kappa shape index (κ3) is 3.13. The van der Waals surface area contributed by atoms with E-state index in [9.17, 15) is 9.90 Å². The molecule has 2 aliphatic rings. The van der Waals surface area contributed by atoms with Crippen LogP contribution in [0.2, 0.25) is 0 Å². The number of phenols is 1. The van der Waals surface area contributed by atoms with Gasteiger partial charge in [0.05, 0.1) is 0 Å². The average molecular weight is 289 g/mol. The molecule has 1 aliphatic carbocycles. The first-order valence-electron chi connectivity index (χ1n) is 7.66. The third-order valence-corrected chi connectivity index (χ3v) is 4.70. The Morgan fingerprint density at radius 3 is 2.29 bits per heavy atom. The fourth-order valence-electron chi connectivity index (χ4n) is 3.10. The van der Waals surface area contributed by atoms with Crippen LogP contribution in [0, 0.1) is 0 Å². The highest BCUT2D eigenvalue weighted by molar-refractivity contribution is 5.78. The molecule has 0 bridgehead atoms. The van der Waals surface area contributed by atoms with Crippen LogP contribution >= 0.6 is 0 Å². The predicted octanol–water partition coefficient (Wildman–Crippen LogP) is 1.31. The van der Waals surface area contributed by atoms with E-state index < -0.39 is 0 Å². The van der Waals surface area contributed by atoms with Crippen molar-refractivity contribution in [3.63, 3.8) is 0 Å². The largest absolute Gasteiger partial charge is 0.508 e. The first kappa shape index (κ1) is 14.2. The summed E-state index contributed by atoms with van der Waals surface area (Å²) in [4.78, 5) is 16.5. The Morgan fingerprint density at radius 1 is 1.14 bits per heavy atom. The van der Waals surface area contributed by atoms with E-state index >= 15 is 0 Å². The van der Waals surface area contributed by atoms with Crippen molar-refractivity contribution in [1.29, 1.82) is 0 Å². The number of aromatic hydroxyl groups is 1. The molecule has 3 rings (SSSR count). The van der Waals surface area contributed by atoms with Gasteiger partial charge >= 0.3 is 0 Å². The van der Waals surface area contributed by atoms with Crippen molar-refractivity contribution in [2.24, 2.45) is 5.73 Å². The van der Waals surface area contributed by atoms with E-state index in [4.69, 9.17) is 5.73 Å².